The van der Waals surface area contributed by atoms with Crippen molar-refractivity contribution in [3.63, 3.8) is 0 Å². The molecule has 1 aromatic heterocycles. The molecule has 0 aliphatic rings. The van der Waals surface area contributed by atoms with Crippen LogP contribution in [0.15, 0.2) is 34.7 Å². The molecule has 0 unspecified atom stereocenters. The van der Waals surface area contributed by atoms with Crippen LogP contribution in [0, 0.1) is 12.7 Å². The predicted molar refractivity (Wildman–Crippen MR) is 65.7 cm³/mol. The number of carbonyl (C=O) groups excluding carboxylic acids is 1. The standard InChI is InChI=1S/C13H13FN2O2/c1-8-4-9(14)6-10(5-8)16-13(17)12-3-2-11(7-15)18-12/h2-6H,7,15H2,1H3,(H,16,17). The summed E-state index contributed by atoms with van der Waals surface area (Å²) in [6.07, 6.45) is 0. The number of benzene rings is 1. The van der Waals surface area contributed by atoms with Crippen LogP contribution in [-0.2, 0) is 6.54 Å². The summed E-state index contributed by atoms with van der Waals surface area (Å²) in [5.41, 5.74) is 6.50. The molecule has 18 heavy (non-hydrogen) atoms. The maximum Gasteiger partial charge on any atom is 0.291 e. The molecule has 0 saturated heterocycles. The number of aryl methyl sites for hydroxylation is 1. The molecule has 4 nitrogen and oxygen atoms in total. The second-order valence-corrected chi connectivity index (χ2v) is 3.94. The smallest absolute Gasteiger partial charge is 0.291 e. The minimum atomic E-state index is -0.431. The van der Waals surface area contributed by atoms with Crippen LogP contribution in [0.4, 0.5) is 10.1 Å². The Morgan fingerprint density at radius 2 is 2.17 bits per heavy atom. The van der Waals surface area contributed by atoms with E-state index >= 15 is 0 Å². The highest BCUT2D eigenvalue weighted by Gasteiger charge is 2.11. The van der Waals surface area contributed by atoms with E-state index in [2.05, 4.69) is 5.32 Å². The zero-order valence-electron chi connectivity index (χ0n) is 9.87. The van der Waals surface area contributed by atoms with Crippen LogP contribution in [0.1, 0.15) is 21.9 Å². The number of furan rings is 1. The fraction of sp³-hybridized carbons (Fsp3) is 0.154. The van der Waals surface area contributed by atoms with Crippen molar-refractivity contribution in [1.29, 1.82) is 0 Å². The van der Waals surface area contributed by atoms with Crippen molar-refractivity contribution in [2.45, 2.75) is 13.5 Å². The molecule has 1 amide bonds. The van der Waals surface area contributed by atoms with Gasteiger partial charge in [-0.3, -0.25) is 4.79 Å². The Hall–Kier alpha value is -2.14. The molecule has 0 bridgehead atoms. The van der Waals surface area contributed by atoms with Gasteiger partial charge in [-0.2, -0.15) is 0 Å². The van der Waals surface area contributed by atoms with Gasteiger partial charge in [0.25, 0.3) is 5.91 Å². The van der Waals surface area contributed by atoms with Crippen LogP contribution in [0.25, 0.3) is 0 Å². The van der Waals surface area contributed by atoms with E-state index in [1.165, 1.54) is 18.2 Å². The number of amides is 1. The van der Waals surface area contributed by atoms with Crippen LogP contribution >= 0.6 is 0 Å². The molecule has 1 heterocycles. The molecular formula is C13H13FN2O2. The van der Waals surface area contributed by atoms with E-state index in [4.69, 9.17) is 10.2 Å². The number of nitrogens with one attached hydrogen (secondary N) is 1. The highest BCUT2D eigenvalue weighted by molar-refractivity contribution is 6.02. The summed E-state index contributed by atoms with van der Waals surface area (Å²) in [4.78, 5) is 11.8. The number of carbonyl (C=O) groups is 1. The molecule has 2 aromatic rings. The van der Waals surface area contributed by atoms with Gasteiger partial charge in [0.15, 0.2) is 5.76 Å². The van der Waals surface area contributed by atoms with E-state index in [0.717, 1.165) is 5.56 Å². The summed E-state index contributed by atoms with van der Waals surface area (Å²) in [5, 5.41) is 2.56. The highest BCUT2D eigenvalue weighted by Crippen LogP contribution is 2.15. The van der Waals surface area contributed by atoms with Crippen molar-refractivity contribution in [3.05, 3.63) is 53.2 Å². The average Bonchev–Trinajstić information content (AvgIpc) is 2.75. The first-order chi connectivity index (χ1) is 8.58. The zero-order valence-corrected chi connectivity index (χ0v) is 9.87. The Balaban J connectivity index is 2.15. The first-order valence-electron chi connectivity index (χ1n) is 5.46. The maximum atomic E-state index is 13.1. The van der Waals surface area contributed by atoms with E-state index in [-0.39, 0.29) is 12.3 Å². The number of halogens is 1. The van der Waals surface area contributed by atoms with Gasteiger partial charge >= 0.3 is 0 Å². The third-order valence-electron chi connectivity index (χ3n) is 2.39. The van der Waals surface area contributed by atoms with E-state index in [1.54, 1.807) is 19.1 Å². The van der Waals surface area contributed by atoms with E-state index in [1.807, 2.05) is 0 Å². The van der Waals surface area contributed by atoms with E-state index < -0.39 is 11.7 Å². The first-order valence-corrected chi connectivity index (χ1v) is 5.46. The summed E-state index contributed by atoms with van der Waals surface area (Å²) < 4.78 is 18.3. The number of hydrogen-bond acceptors (Lipinski definition) is 3. The van der Waals surface area contributed by atoms with Gasteiger partial charge in [-0.1, -0.05) is 0 Å². The lowest BCUT2D eigenvalue weighted by atomic mass is 10.2. The molecule has 5 heteroatoms. The monoisotopic (exact) mass is 248 g/mol. The lowest BCUT2D eigenvalue weighted by Gasteiger charge is -2.04. The Labute approximate surface area is 104 Å². The van der Waals surface area contributed by atoms with Crippen molar-refractivity contribution in [2.24, 2.45) is 5.73 Å². The van der Waals surface area contributed by atoms with Gasteiger partial charge in [-0.05, 0) is 42.8 Å². The van der Waals surface area contributed by atoms with Crippen molar-refractivity contribution in [3.8, 4) is 0 Å². The second kappa shape index (κ2) is 5.01. The predicted octanol–water partition coefficient (Wildman–Crippen LogP) is 2.44. The zero-order chi connectivity index (χ0) is 13.1. The van der Waals surface area contributed by atoms with Crippen LogP contribution in [0.5, 0.6) is 0 Å². The van der Waals surface area contributed by atoms with Gasteiger partial charge < -0.3 is 15.5 Å². The third kappa shape index (κ3) is 2.75. The lowest BCUT2D eigenvalue weighted by Crippen LogP contribution is -2.11. The minimum absolute atomic E-state index is 0.150. The van der Waals surface area contributed by atoms with Gasteiger partial charge in [-0.25, -0.2) is 4.39 Å². The molecule has 0 radical (unpaired) electrons. The fourth-order valence-corrected chi connectivity index (χ4v) is 1.61. The molecular weight excluding hydrogens is 235 g/mol. The van der Waals surface area contributed by atoms with Crippen LogP contribution < -0.4 is 11.1 Å². The molecule has 2 rings (SSSR count). The Morgan fingerprint density at radius 1 is 1.39 bits per heavy atom. The largest absolute Gasteiger partial charge is 0.455 e. The lowest BCUT2D eigenvalue weighted by molar-refractivity contribution is 0.0995. The van der Waals surface area contributed by atoms with Crippen LogP contribution in [0.2, 0.25) is 0 Å². The highest BCUT2D eigenvalue weighted by atomic mass is 19.1. The van der Waals surface area contributed by atoms with Gasteiger partial charge in [0.2, 0.25) is 0 Å². The maximum absolute atomic E-state index is 13.1. The van der Waals surface area contributed by atoms with Gasteiger partial charge in [-0.15, -0.1) is 0 Å². The van der Waals surface area contributed by atoms with Crippen molar-refractivity contribution >= 4 is 11.6 Å². The molecule has 1 aromatic carbocycles. The number of rotatable bonds is 3. The summed E-state index contributed by atoms with van der Waals surface area (Å²) in [6.45, 7) is 1.98. The summed E-state index contributed by atoms with van der Waals surface area (Å²) in [5.74, 6) is -0.153. The third-order valence-corrected chi connectivity index (χ3v) is 2.39. The molecule has 94 valence electrons. The molecule has 0 aliphatic heterocycles. The van der Waals surface area contributed by atoms with Gasteiger partial charge in [0.05, 0.1) is 6.54 Å². The summed E-state index contributed by atoms with van der Waals surface area (Å²) >= 11 is 0. The number of anilines is 1. The first kappa shape index (κ1) is 12.3. The summed E-state index contributed by atoms with van der Waals surface area (Å²) in [6, 6.07) is 7.47. The molecule has 0 aliphatic carbocycles. The average molecular weight is 248 g/mol. The fourth-order valence-electron chi connectivity index (χ4n) is 1.61. The van der Waals surface area contributed by atoms with Crippen molar-refractivity contribution in [2.75, 3.05) is 5.32 Å². The Bertz CT molecular complexity index is 558. The van der Waals surface area contributed by atoms with Crippen LogP contribution in [0.3, 0.4) is 0 Å². The molecule has 0 saturated carbocycles. The molecule has 0 atom stereocenters. The molecule has 3 N–H and O–H groups in total. The Kier molecular flexibility index (Phi) is 3.43. The molecule has 0 spiro atoms. The van der Waals surface area contributed by atoms with Crippen molar-refractivity contribution < 1.29 is 13.6 Å². The second-order valence-electron chi connectivity index (χ2n) is 3.94. The Morgan fingerprint density at radius 3 is 2.78 bits per heavy atom. The minimum Gasteiger partial charge on any atom is -0.455 e. The normalized spacial score (nSPS) is 10.4. The van der Waals surface area contributed by atoms with E-state index in [0.29, 0.717) is 11.4 Å². The number of nitrogens with two attached hydrogens (primary N) is 1. The SMILES string of the molecule is Cc1cc(F)cc(NC(=O)c2ccc(CN)o2)c1. The summed E-state index contributed by atoms with van der Waals surface area (Å²) in [7, 11) is 0. The van der Waals surface area contributed by atoms with Gasteiger partial charge in [0.1, 0.15) is 11.6 Å². The van der Waals surface area contributed by atoms with Crippen molar-refractivity contribution in [1.82, 2.24) is 0 Å². The number of hydrogen-bond donors (Lipinski definition) is 2. The molecule has 0 fully saturated rings. The quantitative estimate of drug-likeness (QED) is 0.876. The van der Waals surface area contributed by atoms with Crippen LogP contribution in [-0.4, -0.2) is 5.91 Å². The van der Waals surface area contributed by atoms with Gasteiger partial charge in [0, 0.05) is 5.69 Å². The topological polar surface area (TPSA) is 68.3 Å². The van der Waals surface area contributed by atoms with E-state index in [9.17, 15) is 9.18 Å².